The van der Waals surface area contributed by atoms with Crippen LogP contribution >= 0.6 is 0 Å². The van der Waals surface area contributed by atoms with Gasteiger partial charge in [0.25, 0.3) is 5.09 Å². The van der Waals surface area contributed by atoms with E-state index in [1.807, 2.05) is 0 Å². The second-order valence-corrected chi connectivity index (χ2v) is 0.759. The lowest BCUT2D eigenvalue weighted by Gasteiger charge is -1.69. The van der Waals surface area contributed by atoms with Crippen molar-refractivity contribution in [3.63, 3.8) is 0 Å². The molecule has 0 unspecified atom stereocenters. The van der Waals surface area contributed by atoms with Crippen molar-refractivity contribution in [1.82, 2.24) is 0 Å². The first-order chi connectivity index (χ1) is 4.37. The molecule has 0 aliphatic heterocycles. The van der Waals surface area contributed by atoms with Crippen molar-refractivity contribution in [2.45, 2.75) is 0 Å². The minimum atomic E-state index is -2.91. The first-order valence-corrected chi connectivity index (χ1v) is 1.57. The molecule has 0 aromatic rings. The minimum absolute atomic E-state index is 1.50. The first kappa shape index (κ1) is 11.5. The molecule has 0 rings (SSSR count). The third-order valence-electron chi connectivity index (χ3n) is 0.143. The highest BCUT2D eigenvalue weighted by Gasteiger charge is 1.98. The van der Waals surface area contributed by atoms with Gasteiger partial charge in [0.15, 0.2) is 0 Å². The fraction of sp³-hybridized carbons (Fsp3) is 0. The highest BCUT2D eigenvalue weighted by molar-refractivity contribution is 4.77. The zero-order chi connectivity index (χ0) is 8.73. The lowest BCUT2D eigenvalue weighted by Crippen LogP contribution is -1.81. The van der Waals surface area contributed by atoms with Gasteiger partial charge in [0.2, 0.25) is 0 Å². The molecule has 0 bridgehead atoms. The Morgan fingerprint density at radius 1 is 1.20 bits per heavy atom. The Kier molecular flexibility index (Phi) is 6.63. The predicted molar refractivity (Wildman–Crippen MR) is 20.2 cm³/mol. The van der Waals surface area contributed by atoms with Gasteiger partial charge in [-0.25, -0.2) is 0 Å². The minimum Gasteiger partial charge on any atom is -0.328 e. The lowest BCUT2D eigenvalue weighted by atomic mass is 11.1. The Morgan fingerprint density at radius 2 is 1.30 bits per heavy atom. The maximum atomic E-state index is 10.3. The van der Waals surface area contributed by atoms with Crippen LogP contribution in [-0.4, -0.2) is 10.3 Å². The molecule has 0 aliphatic carbocycles. The molecule has 4 nitrogen and oxygen atoms in total. The van der Waals surface area contributed by atoms with E-state index in [2.05, 4.69) is 0 Å². The van der Waals surface area contributed by atoms with Gasteiger partial charge in [0.1, 0.15) is 0 Å². The number of hydrogen-bond donors (Lipinski definition) is 1. The molecule has 0 aliphatic rings. The molecular formula is C2HF4NO3. The topological polar surface area (TPSA) is 63.4 Å². The monoisotopic (exact) mass is 163 g/mol. The molecule has 0 fully saturated rings. The summed E-state index contributed by atoms with van der Waals surface area (Å²) in [6.07, 6.45) is -5.81. The fourth-order valence-corrected chi connectivity index (χ4v) is 0. The summed E-state index contributed by atoms with van der Waals surface area (Å²) in [4.78, 5) is 8.36. The van der Waals surface area contributed by atoms with Crippen molar-refractivity contribution >= 4 is 0 Å². The van der Waals surface area contributed by atoms with Gasteiger partial charge in [-0.2, -0.15) is 17.6 Å². The molecule has 0 amide bonds. The fourth-order valence-electron chi connectivity index (χ4n) is 0. The van der Waals surface area contributed by atoms with Gasteiger partial charge in [0, 0.05) is 0 Å². The van der Waals surface area contributed by atoms with Gasteiger partial charge >= 0.3 is 12.2 Å². The largest absolute Gasteiger partial charge is 0.334 e. The third-order valence-corrected chi connectivity index (χ3v) is 0.143. The van der Waals surface area contributed by atoms with E-state index in [-0.39, 0.29) is 0 Å². The van der Waals surface area contributed by atoms with E-state index in [1.54, 1.807) is 0 Å². The Balaban J connectivity index is 0. The highest BCUT2D eigenvalue weighted by atomic mass is 19.3. The molecule has 0 heterocycles. The SMILES string of the molecule is FC(F)=C(F)F.O=[N+]([O-])O. The maximum Gasteiger partial charge on any atom is 0.334 e. The van der Waals surface area contributed by atoms with E-state index in [4.69, 9.17) is 15.3 Å². The summed E-state index contributed by atoms with van der Waals surface area (Å²) in [5, 5.41) is 13.6. The van der Waals surface area contributed by atoms with Crippen molar-refractivity contribution in [1.29, 1.82) is 0 Å². The summed E-state index contributed by atoms with van der Waals surface area (Å²) in [5.74, 6) is 0. The van der Waals surface area contributed by atoms with Crippen LogP contribution in [0.3, 0.4) is 0 Å². The molecule has 0 aromatic carbocycles. The molecule has 0 spiro atoms. The quantitative estimate of drug-likeness (QED) is 0.335. The summed E-state index contributed by atoms with van der Waals surface area (Å²) < 4.78 is 41.1. The standard InChI is InChI=1S/C2F4.HNO3/c3-1(4)2(5)6;2-1(3)4/h;(H,2,3,4). The van der Waals surface area contributed by atoms with Crippen molar-refractivity contribution in [3.05, 3.63) is 22.3 Å². The lowest BCUT2D eigenvalue weighted by molar-refractivity contribution is -0.742. The van der Waals surface area contributed by atoms with Crippen molar-refractivity contribution in [2.75, 3.05) is 0 Å². The van der Waals surface area contributed by atoms with Crippen LogP contribution in [0.15, 0.2) is 12.2 Å². The van der Waals surface area contributed by atoms with Gasteiger partial charge in [-0.1, -0.05) is 0 Å². The molecule has 10 heavy (non-hydrogen) atoms. The van der Waals surface area contributed by atoms with Crippen molar-refractivity contribution < 1.29 is 27.9 Å². The van der Waals surface area contributed by atoms with Crippen LogP contribution in [0, 0.1) is 10.1 Å². The molecule has 0 atom stereocenters. The Hall–Kier alpha value is -1.34. The van der Waals surface area contributed by atoms with E-state index in [0.717, 1.165) is 0 Å². The van der Waals surface area contributed by atoms with E-state index < -0.39 is 17.2 Å². The van der Waals surface area contributed by atoms with E-state index in [1.165, 1.54) is 0 Å². The number of hydrogen-bond acceptors (Lipinski definition) is 2. The van der Waals surface area contributed by atoms with Crippen LogP contribution in [0.5, 0.6) is 0 Å². The molecule has 0 saturated heterocycles. The zero-order valence-corrected chi connectivity index (χ0v) is 4.22. The predicted octanol–water partition coefficient (Wildman–Crippen LogP) is 1.64. The average molecular weight is 163 g/mol. The van der Waals surface area contributed by atoms with Gasteiger partial charge in [-0.05, 0) is 0 Å². The zero-order valence-electron chi connectivity index (χ0n) is 4.22. The average Bonchev–Trinajstić information content (AvgIpc) is 1.63. The summed E-state index contributed by atoms with van der Waals surface area (Å²) in [7, 11) is 0. The van der Waals surface area contributed by atoms with Gasteiger partial charge in [-0.15, -0.1) is 10.1 Å². The molecular weight excluding hydrogens is 162 g/mol. The maximum absolute atomic E-state index is 10.3. The van der Waals surface area contributed by atoms with E-state index in [9.17, 15) is 17.6 Å². The Bertz CT molecular complexity index is 123. The van der Waals surface area contributed by atoms with Gasteiger partial charge in [-0.3, -0.25) is 0 Å². The van der Waals surface area contributed by atoms with E-state index in [0.29, 0.717) is 0 Å². The van der Waals surface area contributed by atoms with Gasteiger partial charge in [0.05, 0.1) is 0 Å². The summed E-state index contributed by atoms with van der Waals surface area (Å²) >= 11 is 0. The van der Waals surface area contributed by atoms with Crippen LogP contribution in [0.2, 0.25) is 0 Å². The number of halogens is 4. The molecule has 0 radical (unpaired) electrons. The van der Waals surface area contributed by atoms with Crippen molar-refractivity contribution in [2.24, 2.45) is 0 Å². The van der Waals surface area contributed by atoms with Crippen molar-refractivity contribution in [3.8, 4) is 0 Å². The molecule has 60 valence electrons. The Labute approximate surface area is 51.5 Å². The first-order valence-electron chi connectivity index (χ1n) is 1.57. The Morgan fingerprint density at radius 3 is 1.30 bits per heavy atom. The number of nitrogens with zero attached hydrogens (tertiary/aromatic N) is 1. The molecule has 8 heteroatoms. The highest BCUT2D eigenvalue weighted by Crippen LogP contribution is 2.08. The smallest absolute Gasteiger partial charge is 0.328 e. The molecule has 1 N–H and O–H groups in total. The third kappa shape index (κ3) is 30.2. The van der Waals surface area contributed by atoms with Crippen LogP contribution in [-0.2, 0) is 0 Å². The van der Waals surface area contributed by atoms with E-state index >= 15 is 0 Å². The number of rotatable bonds is 0. The van der Waals surface area contributed by atoms with Gasteiger partial charge < -0.3 is 5.21 Å². The molecule has 0 aromatic heterocycles. The van der Waals surface area contributed by atoms with Crippen LogP contribution in [0.1, 0.15) is 0 Å². The van der Waals surface area contributed by atoms with Crippen LogP contribution in [0.4, 0.5) is 17.6 Å². The summed E-state index contributed by atoms with van der Waals surface area (Å²) in [5.41, 5.74) is 0. The summed E-state index contributed by atoms with van der Waals surface area (Å²) in [6.45, 7) is 0. The summed E-state index contributed by atoms with van der Waals surface area (Å²) in [6, 6.07) is 0. The second-order valence-electron chi connectivity index (χ2n) is 0.759. The second kappa shape index (κ2) is 5.79. The molecule has 0 saturated carbocycles. The normalized spacial score (nSPS) is 7.20. The van der Waals surface area contributed by atoms with Crippen LogP contribution in [0.25, 0.3) is 0 Å². The van der Waals surface area contributed by atoms with Crippen LogP contribution < -0.4 is 0 Å².